The van der Waals surface area contributed by atoms with E-state index >= 15 is 0 Å². The third-order valence-electron chi connectivity index (χ3n) is 4.47. The van der Waals surface area contributed by atoms with Crippen molar-refractivity contribution < 1.29 is 59.5 Å². The zero-order valence-electron chi connectivity index (χ0n) is 19.2. The Balaban J connectivity index is 0.00000480. The maximum absolute atomic E-state index is 11.4. The summed E-state index contributed by atoms with van der Waals surface area (Å²) >= 11 is 0. The quantitative estimate of drug-likeness (QED) is 0.230. The van der Waals surface area contributed by atoms with E-state index in [-0.39, 0.29) is 55.4 Å². The number of carboxylic acid groups (broad SMARTS) is 1. The predicted molar refractivity (Wildman–Crippen MR) is 116 cm³/mol. The minimum atomic E-state index is -3.57. The van der Waals surface area contributed by atoms with E-state index in [0.717, 1.165) is 17.4 Å². The van der Waals surface area contributed by atoms with E-state index in [1.54, 1.807) is 6.07 Å². The number of carboxylic acids is 1. The second-order valence-corrected chi connectivity index (χ2v) is 9.75. The average Bonchev–Trinajstić information content (AvgIpc) is 2.60. The molecular weight excluding hydrogens is 431 g/mol. The largest absolute Gasteiger partial charge is 1.00 e. The monoisotopic (exact) mass is 460 g/mol. The second kappa shape index (κ2) is 11.3. The van der Waals surface area contributed by atoms with Crippen molar-refractivity contribution in [1.82, 2.24) is 5.32 Å². The Kier molecular flexibility index (Phi) is 10.00. The standard InChI is InChI=1S/C21H28N2O6S.Na.H/c1-21(2,12-15-6-4-5-14(9-15)10-20(26)27)22-13-19(25)16-7-8-18(24)17(11-16)23-30(3,28)29;;/h4-9,11,19,22-25H,10,12-13H2,1-3H3,(H,26,27);;/q;+1;-1/t19-;;/m0../s1. The molecule has 0 unspecified atom stereocenters. The van der Waals surface area contributed by atoms with Crippen molar-refractivity contribution in [2.24, 2.45) is 0 Å². The summed E-state index contributed by atoms with van der Waals surface area (Å²) in [6, 6.07) is 11.6. The summed E-state index contributed by atoms with van der Waals surface area (Å²) in [6.07, 6.45) is 0.628. The van der Waals surface area contributed by atoms with Crippen molar-refractivity contribution in [3.8, 4) is 5.75 Å². The Morgan fingerprint density at radius 3 is 2.42 bits per heavy atom. The molecule has 166 valence electrons. The Labute approximate surface area is 206 Å². The van der Waals surface area contributed by atoms with Crippen molar-refractivity contribution in [3.63, 3.8) is 0 Å². The van der Waals surface area contributed by atoms with Gasteiger partial charge in [0, 0.05) is 12.1 Å². The SMILES string of the molecule is CC(C)(Cc1cccc(CC(=O)O)c1)NC[C@H](O)c1ccc(O)c(NS(C)(=O)=O)c1.[H-].[Na+]. The summed E-state index contributed by atoms with van der Waals surface area (Å²) in [5.74, 6) is -1.11. The minimum Gasteiger partial charge on any atom is -1.00 e. The van der Waals surface area contributed by atoms with Gasteiger partial charge in [-0.2, -0.15) is 0 Å². The van der Waals surface area contributed by atoms with Crippen LogP contribution in [0.5, 0.6) is 5.75 Å². The van der Waals surface area contributed by atoms with Gasteiger partial charge >= 0.3 is 35.5 Å². The van der Waals surface area contributed by atoms with Crippen molar-refractivity contribution in [3.05, 3.63) is 59.2 Å². The molecule has 0 fully saturated rings. The summed E-state index contributed by atoms with van der Waals surface area (Å²) in [5, 5.41) is 32.6. The first-order chi connectivity index (χ1) is 13.8. The number of nitrogens with one attached hydrogen (secondary N) is 2. The number of carbonyl (C=O) groups is 1. The molecule has 0 bridgehead atoms. The topological polar surface area (TPSA) is 136 Å². The van der Waals surface area contributed by atoms with Gasteiger partial charge in [-0.1, -0.05) is 30.3 Å². The molecule has 0 heterocycles. The molecule has 1 atom stereocenters. The molecule has 0 aliphatic rings. The summed E-state index contributed by atoms with van der Waals surface area (Å²) in [4.78, 5) is 10.9. The number of anilines is 1. The van der Waals surface area contributed by atoms with E-state index in [9.17, 15) is 23.4 Å². The Hall–Kier alpha value is -1.62. The summed E-state index contributed by atoms with van der Waals surface area (Å²) in [6.45, 7) is 4.14. The Bertz CT molecular complexity index is 1020. The van der Waals surface area contributed by atoms with Crippen LogP contribution >= 0.6 is 0 Å². The van der Waals surface area contributed by atoms with E-state index < -0.39 is 27.6 Å². The summed E-state index contributed by atoms with van der Waals surface area (Å²) < 4.78 is 25.1. The van der Waals surface area contributed by atoms with Crippen molar-refractivity contribution in [2.45, 2.75) is 38.3 Å². The number of aromatic hydroxyl groups is 1. The number of sulfonamides is 1. The third-order valence-corrected chi connectivity index (χ3v) is 5.06. The number of aliphatic hydroxyl groups is 1. The van der Waals surface area contributed by atoms with Crippen LogP contribution in [0.1, 0.15) is 38.1 Å². The zero-order valence-corrected chi connectivity index (χ0v) is 21.0. The average molecular weight is 461 g/mol. The van der Waals surface area contributed by atoms with Crippen LogP contribution in [0.2, 0.25) is 0 Å². The van der Waals surface area contributed by atoms with E-state index in [1.807, 2.05) is 32.0 Å². The molecule has 0 aliphatic heterocycles. The molecule has 0 spiro atoms. The molecule has 31 heavy (non-hydrogen) atoms. The van der Waals surface area contributed by atoms with Gasteiger partial charge in [0.2, 0.25) is 10.0 Å². The number of β-amino-alcohol motifs (C(OH)–C–C–N with tert-alkyl or cyclic N) is 1. The first-order valence-corrected chi connectivity index (χ1v) is 11.3. The molecule has 0 amide bonds. The van der Waals surface area contributed by atoms with Gasteiger partial charge < -0.3 is 22.1 Å². The van der Waals surface area contributed by atoms with E-state index in [1.165, 1.54) is 18.2 Å². The van der Waals surface area contributed by atoms with Crippen molar-refractivity contribution in [1.29, 1.82) is 0 Å². The summed E-state index contributed by atoms with van der Waals surface area (Å²) in [5.41, 5.74) is 1.76. The molecule has 0 saturated heterocycles. The van der Waals surface area contributed by atoms with Crippen LogP contribution in [-0.4, -0.2) is 48.0 Å². The maximum Gasteiger partial charge on any atom is 1.00 e. The third kappa shape index (κ3) is 9.59. The van der Waals surface area contributed by atoms with Gasteiger partial charge in [0.15, 0.2) is 0 Å². The number of rotatable bonds is 10. The van der Waals surface area contributed by atoms with Gasteiger partial charge in [0.1, 0.15) is 5.75 Å². The number of phenols is 1. The van der Waals surface area contributed by atoms with Crippen molar-refractivity contribution >= 4 is 21.7 Å². The zero-order chi connectivity index (χ0) is 22.5. The van der Waals surface area contributed by atoms with Crippen LogP contribution in [0, 0.1) is 0 Å². The molecule has 2 aromatic carbocycles. The van der Waals surface area contributed by atoms with Crippen molar-refractivity contribution in [2.75, 3.05) is 17.5 Å². The molecule has 0 aliphatic carbocycles. The van der Waals surface area contributed by atoms with E-state index in [4.69, 9.17) is 5.11 Å². The number of aliphatic carboxylic acids is 1. The first kappa shape index (κ1) is 27.4. The van der Waals surface area contributed by atoms with E-state index in [0.29, 0.717) is 12.0 Å². The van der Waals surface area contributed by atoms with Crippen LogP contribution in [0.3, 0.4) is 0 Å². The molecular formula is C21H29N2NaO6S. The minimum absolute atomic E-state index is 0. The van der Waals surface area contributed by atoms with Gasteiger partial charge in [0.05, 0.1) is 24.5 Å². The second-order valence-electron chi connectivity index (χ2n) is 8.00. The number of phenolic OH excluding ortho intramolecular Hbond substituents is 1. The number of aliphatic hydroxyl groups excluding tert-OH is 1. The van der Waals surface area contributed by atoms with Gasteiger partial charge in [0.25, 0.3) is 0 Å². The Morgan fingerprint density at radius 2 is 1.81 bits per heavy atom. The first-order valence-electron chi connectivity index (χ1n) is 9.38. The van der Waals surface area contributed by atoms with Crippen LogP contribution in [0.4, 0.5) is 5.69 Å². The van der Waals surface area contributed by atoms with Gasteiger partial charge in [-0.25, -0.2) is 8.42 Å². The fourth-order valence-corrected chi connectivity index (χ4v) is 3.69. The molecule has 0 radical (unpaired) electrons. The molecule has 0 aromatic heterocycles. The smallest absolute Gasteiger partial charge is 1.00 e. The Morgan fingerprint density at radius 1 is 1.16 bits per heavy atom. The van der Waals surface area contributed by atoms with E-state index in [2.05, 4.69) is 10.0 Å². The van der Waals surface area contributed by atoms with Gasteiger partial charge in [-0.15, -0.1) is 0 Å². The van der Waals surface area contributed by atoms with Crippen LogP contribution in [0.25, 0.3) is 0 Å². The van der Waals surface area contributed by atoms with Crippen LogP contribution in [0.15, 0.2) is 42.5 Å². The predicted octanol–water partition coefficient (Wildman–Crippen LogP) is -0.848. The number of benzene rings is 2. The molecule has 0 saturated carbocycles. The molecule has 2 aromatic rings. The van der Waals surface area contributed by atoms with Gasteiger partial charge in [-0.05, 0) is 49.1 Å². The number of hydrogen-bond acceptors (Lipinski definition) is 6. The fourth-order valence-electron chi connectivity index (χ4n) is 3.13. The normalized spacial score (nSPS) is 12.6. The molecule has 10 heteroatoms. The van der Waals surface area contributed by atoms with Crippen LogP contribution < -0.4 is 39.6 Å². The molecule has 8 nitrogen and oxygen atoms in total. The fraction of sp³-hybridized carbons (Fsp3) is 0.381. The van der Waals surface area contributed by atoms with Crippen LogP contribution in [-0.2, 0) is 27.7 Å². The summed E-state index contributed by atoms with van der Waals surface area (Å²) in [7, 11) is -3.57. The molecule has 2 rings (SSSR count). The van der Waals surface area contributed by atoms with Gasteiger partial charge in [-0.3, -0.25) is 9.52 Å². The molecule has 5 N–H and O–H groups in total. The number of hydrogen-bond donors (Lipinski definition) is 5. The maximum atomic E-state index is 11.4.